The molecular formula is C10H11Cl2N. The van der Waals surface area contributed by atoms with Crippen molar-refractivity contribution in [3.05, 3.63) is 46.5 Å². The lowest BCUT2D eigenvalue weighted by molar-refractivity contribution is 0.632. The highest BCUT2D eigenvalue weighted by Crippen LogP contribution is 2.32. The molecular weight excluding hydrogens is 205 g/mol. The van der Waals surface area contributed by atoms with E-state index >= 15 is 0 Å². The molecule has 1 atom stereocenters. The molecule has 1 rings (SSSR count). The van der Waals surface area contributed by atoms with Crippen molar-refractivity contribution in [2.75, 3.05) is 0 Å². The van der Waals surface area contributed by atoms with Gasteiger partial charge in [0.05, 0.1) is 15.6 Å². The smallest absolute Gasteiger partial charge is 0.0646 e. The molecule has 1 aromatic rings. The van der Waals surface area contributed by atoms with Crippen LogP contribution in [0.5, 0.6) is 0 Å². The standard InChI is InChI=1S/C10H11Cl2N/c1-3-10(2,13)7-5-4-6-8(11)9(7)12/h3-6H,1,13H2,2H3/t10-/m0/s1. The van der Waals surface area contributed by atoms with Crippen LogP contribution in [0.3, 0.4) is 0 Å². The van der Waals surface area contributed by atoms with Crippen LogP contribution in [0.15, 0.2) is 30.9 Å². The molecule has 0 aliphatic heterocycles. The Morgan fingerprint density at radius 3 is 2.62 bits per heavy atom. The summed E-state index contributed by atoms with van der Waals surface area (Å²) in [6, 6.07) is 5.39. The number of rotatable bonds is 2. The Morgan fingerprint density at radius 1 is 1.46 bits per heavy atom. The molecule has 0 aromatic heterocycles. The summed E-state index contributed by atoms with van der Waals surface area (Å²) < 4.78 is 0. The van der Waals surface area contributed by atoms with Gasteiger partial charge >= 0.3 is 0 Å². The lowest BCUT2D eigenvalue weighted by Gasteiger charge is -2.22. The number of nitrogens with two attached hydrogens (primary N) is 1. The van der Waals surface area contributed by atoms with Crippen LogP contribution in [0.1, 0.15) is 12.5 Å². The van der Waals surface area contributed by atoms with Gasteiger partial charge < -0.3 is 5.73 Å². The first-order chi connectivity index (χ1) is 5.99. The van der Waals surface area contributed by atoms with Crippen molar-refractivity contribution in [1.82, 2.24) is 0 Å². The average Bonchev–Trinajstić information content (AvgIpc) is 2.09. The van der Waals surface area contributed by atoms with E-state index in [9.17, 15) is 0 Å². The molecule has 0 bridgehead atoms. The third kappa shape index (κ3) is 2.05. The first kappa shape index (κ1) is 10.6. The van der Waals surface area contributed by atoms with Crippen LogP contribution >= 0.6 is 23.2 Å². The van der Waals surface area contributed by atoms with Crippen LogP contribution in [0.25, 0.3) is 0 Å². The maximum absolute atomic E-state index is 6.00. The summed E-state index contributed by atoms with van der Waals surface area (Å²) in [5.74, 6) is 0. The van der Waals surface area contributed by atoms with E-state index in [0.717, 1.165) is 5.56 Å². The average molecular weight is 216 g/mol. The number of hydrogen-bond acceptors (Lipinski definition) is 1. The van der Waals surface area contributed by atoms with E-state index in [0.29, 0.717) is 10.0 Å². The number of hydrogen-bond donors (Lipinski definition) is 1. The van der Waals surface area contributed by atoms with Gasteiger partial charge in [-0.2, -0.15) is 0 Å². The fraction of sp³-hybridized carbons (Fsp3) is 0.200. The molecule has 0 aliphatic rings. The second-order valence-corrected chi connectivity index (χ2v) is 3.87. The van der Waals surface area contributed by atoms with E-state index in [-0.39, 0.29) is 0 Å². The first-order valence-corrected chi connectivity index (χ1v) is 4.61. The maximum atomic E-state index is 6.00. The van der Waals surface area contributed by atoms with Crippen LogP contribution in [0.4, 0.5) is 0 Å². The Morgan fingerprint density at radius 2 is 2.08 bits per heavy atom. The van der Waals surface area contributed by atoms with Crippen LogP contribution in [0.2, 0.25) is 10.0 Å². The lowest BCUT2D eigenvalue weighted by atomic mass is 9.93. The highest BCUT2D eigenvalue weighted by molar-refractivity contribution is 6.42. The van der Waals surface area contributed by atoms with Crippen molar-refractivity contribution in [2.45, 2.75) is 12.5 Å². The van der Waals surface area contributed by atoms with E-state index in [4.69, 9.17) is 28.9 Å². The minimum Gasteiger partial charge on any atom is -0.318 e. The summed E-state index contributed by atoms with van der Waals surface area (Å²) in [7, 11) is 0. The van der Waals surface area contributed by atoms with Gasteiger partial charge in [-0.05, 0) is 18.6 Å². The van der Waals surface area contributed by atoms with Gasteiger partial charge in [-0.3, -0.25) is 0 Å². The molecule has 13 heavy (non-hydrogen) atoms. The molecule has 0 spiro atoms. The predicted octanol–water partition coefficient (Wildman–Crippen LogP) is 3.35. The van der Waals surface area contributed by atoms with E-state index in [1.807, 2.05) is 19.1 Å². The van der Waals surface area contributed by atoms with Gasteiger partial charge in [-0.25, -0.2) is 0 Å². The van der Waals surface area contributed by atoms with Crippen molar-refractivity contribution in [3.8, 4) is 0 Å². The van der Waals surface area contributed by atoms with Crippen LogP contribution in [-0.4, -0.2) is 0 Å². The molecule has 0 amide bonds. The summed E-state index contributed by atoms with van der Waals surface area (Å²) in [4.78, 5) is 0. The van der Waals surface area contributed by atoms with E-state index in [2.05, 4.69) is 6.58 Å². The molecule has 0 unspecified atom stereocenters. The highest BCUT2D eigenvalue weighted by Gasteiger charge is 2.20. The minimum atomic E-state index is -0.637. The van der Waals surface area contributed by atoms with E-state index < -0.39 is 5.54 Å². The molecule has 0 fully saturated rings. The third-order valence-electron chi connectivity index (χ3n) is 1.96. The normalized spacial score (nSPS) is 15.1. The molecule has 0 heterocycles. The second kappa shape index (κ2) is 3.70. The summed E-state index contributed by atoms with van der Waals surface area (Å²) in [5.41, 5.74) is 6.10. The Labute approximate surface area is 88.1 Å². The number of halogens is 2. The molecule has 0 saturated carbocycles. The summed E-state index contributed by atoms with van der Waals surface area (Å²) in [6.45, 7) is 5.48. The molecule has 1 nitrogen and oxygen atoms in total. The number of benzene rings is 1. The first-order valence-electron chi connectivity index (χ1n) is 3.86. The zero-order valence-corrected chi connectivity index (χ0v) is 8.86. The van der Waals surface area contributed by atoms with E-state index in [1.54, 1.807) is 12.1 Å². The highest BCUT2D eigenvalue weighted by atomic mass is 35.5. The monoisotopic (exact) mass is 215 g/mol. The lowest BCUT2D eigenvalue weighted by Crippen LogP contribution is -2.30. The minimum absolute atomic E-state index is 0.495. The Bertz CT molecular complexity index is 332. The second-order valence-electron chi connectivity index (χ2n) is 3.09. The van der Waals surface area contributed by atoms with Gasteiger partial charge in [-0.1, -0.05) is 41.4 Å². The van der Waals surface area contributed by atoms with Gasteiger partial charge in [0.25, 0.3) is 0 Å². The maximum Gasteiger partial charge on any atom is 0.0646 e. The Kier molecular flexibility index (Phi) is 3.01. The Hall–Kier alpha value is -0.500. The fourth-order valence-electron chi connectivity index (χ4n) is 1.03. The van der Waals surface area contributed by atoms with E-state index in [1.165, 1.54) is 0 Å². The van der Waals surface area contributed by atoms with Crippen LogP contribution < -0.4 is 5.73 Å². The molecule has 3 heteroatoms. The van der Waals surface area contributed by atoms with Crippen molar-refractivity contribution in [2.24, 2.45) is 5.73 Å². The Balaban J connectivity index is 3.30. The van der Waals surface area contributed by atoms with Crippen molar-refractivity contribution in [1.29, 1.82) is 0 Å². The molecule has 0 aliphatic carbocycles. The van der Waals surface area contributed by atoms with Crippen molar-refractivity contribution < 1.29 is 0 Å². The summed E-state index contributed by atoms with van der Waals surface area (Å²) >= 11 is 11.9. The molecule has 0 saturated heterocycles. The molecule has 2 N–H and O–H groups in total. The van der Waals surface area contributed by atoms with Crippen LogP contribution in [0, 0.1) is 0 Å². The van der Waals surface area contributed by atoms with Gasteiger partial charge in [-0.15, -0.1) is 6.58 Å². The van der Waals surface area contributed by atoms with Crippen molar-refractivity contribution >= 4 is 23.2 Å². The molecule has 70 valence electrons. The fourth-order valence-corrected chi connectivity index (χ4v) is 1.53. The summed E-state index contributed by atoms with van der Waals surface area (Å²) in [5, 5.41) is 1.01. The summed E-state index contributed by atoms with van der Waals surface area (Å²) in [6.07, 6.45) is 1.64. The van der Waals surface area contributed by atoms with Gasteiger partial charge in [0, 0.05) is 0 Å². The van der Waals surface area contributed by atoms with Crippen molar-refractivity contribution in [3.63, 3.8) is 0 Å². The zero-order chi connectivity index (χ0) is 10.1. The molecule has 1 aromatic carbocycles. The zero-order valence-electron chi connectivity index (χ0n) is 7.35. The quantitative estimate of drug-likeness (QED) is 0.753. The predicted molar refractivity (Wildman–Crippen MR) is 58.2 cm³/mol. The SMILES string of the molecule is C=C[C@](C)(N)c1cccc(Cl)c1Cl. The van der Waals surface area contributed by atoms with Gasteiger partial charge in [0.2, 0.25) is 0 Å². The third-order valence-corrected chi connectivity index (χ3v) is 2.77. The topological polar surface area (TPSA) is 26.0 Å². The van der Waals surface area contributed by atoms with Gasteiger partial charge in [0.15, 0.2) is 0 Å². The largest absolute Gasteiger partial charge is 0.318 e. The molecule has 0 radical (unpaired) electrons. The van der Waals surface area contributed by atoms with Gasteiger partial charge in [0.1, 0.15) is 0 Å². The van der Waals surface area contributed by atoms with Crippen LogP contribution in [-0.2, 0) is 5.54 Å².